The van der Waals surface area contributed by atoms with Gasteiger partial charge in [-0.05, 0) is 44.9 Å². The molecular weight excluding hydrogens is 248 g/mol. The van der Waals surface area contributed by atoms with E-state index in [9.17, 15) is 4.79 Å². The van der Waals surface area contributed by atoms with Crippen LogP contribution in [0.4, 0.5) is 0 Å². The van der Waals surface area contributed by atoms with E-state index in [1.807, 2.05) is 4.90 Å². The van der Waals surface area contributed by atoms with Gasteiger partial charge in [0.05, 0.1) is 0 Å². The molecule has 0 aromatic carbocycles. The Kier molecular flexibility index (Phi) is 6.34. The predicted octanol–water partition coefficient (Wildman–Crippen LogP) is 3.19. The smallest absolute Gasteiger partial charge is 0.223 e. The lowest BCUT2D eigenvalue weighted by Gasteiger charge is -2.39. The highest BCUT2D eigenvalue weighted by atomic mass is 16.2. The van der Waals surface area contributed by atoms with Crippen LogP contribution >= 0.6 is 0 Å². The quantitative estimate of drug-likeness (QED) is 0.810. The van der Waals surface area contributed by atoms with Gasteiger partial charge in [-0.25, -0.2) is 0 Å². The molecule has 2 fully saturated rings. The first-order valence-corrected chi connectivity index (χ1v) is 8.75. The molecule has 0 aromatic heterocycles. The van der Waals surface area contributed by atoms with Crippen LogP contribution in [0.3, 0.4) is 0 Å². The first kappa shape index (κ1) is 15.8. The zero-order chi connectivity index (χ0) is 14.4. The first-order chi connectivity index (χ1) is 9.74. The van der Waals surface area contributed by atoms with Gasteiger partial charge in [-0.3, -0.25) is 4.79 Å². The number of nitrogens with zero attached hydrogens (tertiary/aromatic N) is 1. The zero-order valence-electron chi connectivity index (χ0n) is 13.4. The van der Waals surface area contributed by atoms with Gasteiger partial charge in [0.15, 0.2) is 0 Å². The lowest BCUT2D eigenvalue weighted by atomic mass is 9.69. The molecule has 0 spiro atoms. The molecule has 0 bridgehead atoms. The third-order valence-corrected chi connectivity index (χ3v) is 5.43. The van der Waals surface area contributed by atoms with E-state index in [0.29, 0.717) is 18.4 Å². The van der Waals surface area contributed by atoms with E-state index in [2.05, 4.69) is 19.2 Å². The monoisotopic (exact) mass is 280 g/mol. The standard InChI is InChI=1S/C17H32N2O/c1-3-19(4-2)17(20)11-12-18-16-10-9-14-7-5-6-8-15(14)13-16/h14-16,18H,3-13H2,1-2H3. The predicted molar refractivity (Wildman–Crippen MR) is 83.6 cm³/mol. The van der Waals surface area contributed by atoms with Crippen molar-refractivity contribution in [3.63, 3.8) is 0 Å². The van der Waals surface area contributed by atoms with Gasteiger partial charge < -0.3 is 10.2 Å². The van der Waals surface area contributed by atoms with Crippen molar-refractivity contribution in [1.82, 2.24) is 10.2 Å². The molecule has 1 N–H and O–H groups in total. The summed E-state index contributed by atoms with van der Waals surface area (Å²) < 4.78 is 0. The van der Waals surface area contributed by atoms with Crippen LogP contribution in [-0.2, 0) is 4.79 Å². The fourth-order valence-electron chi connectivity index (χ4n) is 4.18. The van der Waals surface area contributed by atoms with Crippen molar-refractivity contribution in [3.05, 3.63) is 0 Å². The van der Waals surface area contributed by atoms with Gasteiger partial charge in [0.25, 0.3) is 0 Å². The molecule has 0 saturated heterocycles. The molecule has 0 aromatic rings. The topological polar surface area (TPSA) is 32.3 Å². The average molecular weight is 280 g/mol. The number of amides is 1. The molecule has 0 aliphatic heterocycles. The number of fused-ring (bicyclic) bond motifs is 1. The normalized spacial score (nSPS) is 29.8. The summed E-state index contributed by atoms with van der Waals surface area (Å²) in [5.41, 5.74) is 0. The highest BCUT2D eigenvalue weighted by Crippen LogP contribution is 2.40. The second-order valence-corrected chi connectivity index (χ2v) is 6.58. The molecule has 116 valence electrons. The molecule has 3 nitrogen and oxygen atoms in total. The SMILES string of the molecule is CCN(CC)C(=O)CCNC1CCC2CCCCC2C1. The summed E-state index contributed by atoms with van der Waals surface area (Å²) in [6.45, 7) is 6.64. The van der Waals surface area contributed by atoms with Crippen molar-refractivity contribution >= 4 is 5.91 Å². The minimum Gasteiger partial charge on any atom is -0.343 e. The fourth-order valence-corrected chi connectivity index (χ4v) is 4.18. The maximum Gasteiger partial charge on any atom is 0.223 e. The van der Waals surface area contributed by atoms with Gasteiger partial charge in [0, 0.05) is 32.1 Å². The molecule has 20 heavy (non-hydrogen) atoms. The number of hydrogen-bond acceptors (Lipinski definition) is 2. The third kappa shape index (κ3) is 4.21. The maximum absolute atomic E-state index is 12.0. The van der Waals surface area contributed by atoms with Crippen LogP contribution < -0.4 is 5.32 Å². The number of hydrogen-bond donors (Lipinski definition) is 1. The van der Waals surface area contributed by atoms with Crippen molar-refractivity contribution in [3.8, 4) is 0 Å². The Bertz CT molecular complexity index is 301. The van der Waals surface area contributed by atoms with Crippen LogP contribution in [0.1, 0.15) is 65.2 Å². The maximum atomic E-state index is 12.0. The van der Waals surface area contributed by atoms with E-state index < -0.39 is 0 Å². The lowest BCUT2D eigenvalue weighted by Crippen LogP contribution is -2.40. The molecule has 1 amide bonds. The number of carbonyl (C=O) groups excluding carboxylic acids is 1. The fraction of sp³-hybridized carbons (Fsp3) is 0.941. The third-order valence-electron chi connectivity index (χ3n) is 5.43. The molecule has 0 heterocycles. The summed E-state index contributed by atoms with van der Waals surface area (Å²) in [5, 5.41) is 3.64. The second kappa shape index (κ2) is 8.02. The molecule has 2 aliphatic carbocycles. The van der Waals surface area contributed by atoms with E-state index in [-0.39, 0.29) is 0 Å². The van der Waals surface area contributed by atoms with Gasteiger partial charge in [-0.15, -0.1) is 0 Å². The molecular formula is C17H32N2O. The van der Waals surface area contributed by atoms with Crippen LogP contribution in [-0.4, -0.2) is 36.5 Å². The minimum absolute atomic E-state index is 0.300. The summed E-state index contributed by atoms with van der Waals surface area (Å²) in [7, 11) is 0. The molecule has 2 rings (SSSR count). The van der Waals surface area contributed by atoms with Crippen LogP contribution in [0.2, 0.25) is 0 Å². The van der Waals surface area contributed by atoms with Gasteiger partial charge in [-0.1, -0.05) is 25.7 Å². The minimum atomic E-state index is 0.300. The molecule has 3 heteroatoms. The van der Waals surface area contributed by atoms with Crippen molar-refractivity contribution in [2.75, 3.05) is 19.6 Å². The highest BCUT2D eigenvalue weighted by Gasteiger charge is 2.31. The number of rotatable bonds is 6. The highest BCUT2D eigenvalue weighted by molar-refractivity contribution is 5.76. The lowest BCUT2D eigenvalue weighted by molar-refractivity contribution is -0.130. The Morgan fingerprint density at radius 2 is 1.75 bits per heavy atom. The Morgan fingerprint density at radius 3 is 2.45 bits per heavy atom. The van der Waals surface area contributed by atoms with E-state index in [4.69, 9.17) is 0 Å². The number of nitrogens with one attached hydrogen (secondary N) is 1. The van der Waals surface area contributed by atoms with Gasteiger partial charge in [0.2, 0.25) is 5.91 Å². The summed E-state index contributed by atoms with van der Waals surface area (Å²) >= 11 is 0. The van der Waals surface area contributed by atoms with Gasteiger partial charge in [0.1, 0.15) is 0 Å². The number of carbonyl (C=O) groups is 1. The van der Waals surface area contributed by atoms with Crippen LogP contribution in [0.15, 0.2) is 0 Å². The first-order valence-electron chi connectivity index (χ1n) is 8.75. The molecule has 3 unspecified atom stereocenters. The van der Waals surface area contributed by atoms with Crippen molar-refractivity contribution < 1.29 is 4.79 Å². The second-order valence-electron chi connectivity index (χ2n) is 6.58. The zero-order valence-corrected chi connectivity index (χ0v) is 13.4. The molecule has 3 atom stereocenters. The Labute approximate surface area is 124 Å². The largest absolute Gasteiger partial charge is 0.343 e. The molecule has 0 radical (unpaired) electrons. The van der Waals surface area contributed by atoms with Crippen molar-refractivity contribution in [2.45, 2.75) is 71.3 Å². The Balaban J connectivity index is 1.66. The summed E-state index contributed by atoms with van der Waals surface area (Å²) in [5.74, 6) is 2.28. The van der Waals surface area contributed by atoms with Crippen LogP contribution in [0.5, 0.6) is 0 Å². The Morgan fingerprint density at radius 1 is 1.05 bits per heavy atom. The van der Waals surface area contributed by atoms with Crippen LogP contribution in [0, 0.1) is 11.8 Å². The van der Waals surface area contributed by atoms with E-state index in [1.165, 1.54) is 44.9 Å². The summed E-state index contributed by atoms with van der Waals surface area (Å²) in [6.07, 6.45) is 10.5. The summed E-state index contributed by atoms with van der Waals surface area (Å²) in [6, 6.07) is 0.666. The van der Waals surface area contributed by atoms with E-state index >= 15 is 0 Å². The van der Waals surface area contributed by atoms with Gasteiger partial charge >= 0.3 is 0 Å². The van der Waals surface area contributed by atoms with Crippen molar-refractivity contribution in [2.24, 2.45) is 11.8 Å². The van der Waals surface area contributed by atoms with Crippen LogP contribution in [0.25, 0.3) is 0 Å². The molecule has 2 aliphatic rings. The molecule has 2 saturated carbocycles. The average Bonchev–Trinajstić information content (AvgIpc) is 2.48. The Hall–Kier alpha value is -0.570. The summed E-state index contributed by atoms with van der Waals surface area (Å²) in [4.78, 5) is 13.9. The van der Waals surface area contributed by atoms with Gasteiger partial charge in [-0.2, -0.15) is 0 Å². The van der Waals surface area contributed by atoms with E-state index in [0.717, 1.165) is 31.5 Å². The van der Waals surface area contributed by atoms with Crippen molar-refractivity contribution in [1.29, 1.82) is 0 Å². The van der Waals surface area contributed by atoms with E-state index in [1.54, 1.807) is 0 Å².